The van der Waals surface area contributed by atoms with Crippen LogP contribution < -0.4 is 5.73 Å². The highest BCUT2D eigenvalue weighted by Crippen LogP contribution is 2.18. The van der Waals surface area contributed by atoms with E-state index in [2.05, 4.69) is 24.7 Å². The first kappa shape index (κ1) is 12.0. The molecule has 0 saturated heterocycles. The molecule has 15 heavy (non-hydrogen) atoms. The van der Waals surface area contributed by atoms with E-state index in [0.717, 1.165) is 17.4 Å². The number of primary amides is 1. The fraction of sp³-hybridized carbons (Fsp3) is 0.600. The Kier molecular flexibility index (Phi) is 3.04. The maximum Gasteiger partial charge on any atom is 0.339 e. The van der Waals surface area contributed by atoms with E-state index in [-0.39, 0.29) is 0 Å². The number of aromatic nitrogens is 2. The van der Waals surface area contributed by atoms with Crippen molar-refractivity contribution >= 4 is 14.1 Å². The molecule has 1 aromatic rings. The molecule has 0 spiro atoms. The maximum absolute atomic E-state index is 11.1. The molecule has 1 aromatic heterocycles. The quantitative estimate of drug-likeness (QED) is 0.781. The van der Waals surface area contributed by atoms with Gasteiger partial charge < -0.3 is 5.73 Å². The van der Waals surface area contributed by atoms with Crippen LogP contribution in [0.4, 0.5) is 4.79 Å². The minimum atomic E-state index is -1.19. The van der Waals surface area contributed by atoms with Crippen LogP contribution in [-0.2, 0) is 6.04 Å². The van der Waals surface area contributed by atoms with Crippen molar-refractivity contribution in [3.8, 4) is 0 Å². The third-order valence-corrected chi connectivity index (χ3v) is 3.77. The Bertz CT molecular complexity index is 390. The number of aryl methyl sites for hydroxylation is 1. The molecular weight excluding hydrogens is 206 g/mol. The largest absolute Gasteiger partial charge is 0.350 e. The van der Waals surface area contributed by atoms with Gasteiger partial charge in [0, 0.05) is 13.8 Å². The van der Waals surface area contributed by atoms with E-state index in [1.165, 1.54) is 10.2 Å². The molecule has 0 atom stereocenters. The predicted octanol–water partition coefficient (Wildman–Crippen LogP) is 1.85. The molecule has 0 unspecified atom stereocenters. The van der Waals surface area contributed by atoms with Gasteiger partial charge in [-0.2, -0.15) is 9.78 Å². The summed E-state index contributed by atoms with van der Waals surface area (Å²) in [6, 6.07) is 0.537. The van der Waals surface area contributed by atoms with Crippen LogP contribution in [0.5, 0.6) is 0 Å². The normalized spacial score (nSPS) is 11.8. The van der Waals surface area contributed by atoms with E-state index in [4.69, 9.17) is 5.73 Å². The summed E-state index contributed by atoms with van der Waals surface area (Å²) in [7, 11) is -1.19. The Morgan fingerprint density at radius 1 is 1.40 bits per heavy atom. The molecule has 0 saturated carbocycles. The number of amides is 1. The molecule has 84 valence electrons. The van der Waals surface area contributed by atoms with Gasteiger partial charge >= 0.3 is 6.03 Å². The second kappa shape index (κ2) is 3.81. The molecule has 1 rings (SSSR count). The molecule has 0 bridgehead atoms. The lowest BCUT2D eigenvalue weighted by Crippen LogP contribution is -2.25. The maximum atomic E-state index is 11.1. The van der Waals surface area contributed by atoms with Gasteiger partial charge in [-0.15, -0.1) is 0 Å². The van der Waals surface area contributed by atoms with Crippen molar-refractivity contribution in [1.29, 1.82) is 0 Å². The molecule has 0 aliphatic carbocycles. The van der Waals surface area contributed by atoms with Gasteiger partial charge in [-0.3, -0.25) is 0 Å². The second-order valence-electron chi connectivity index (χ2n) is 5.14. The monoisotopic (exact) mass is 225 g/mol. The van der Waals surface area contributed by atoms with E-state index in [1.807, 2.05) is 13.8 Å². The van der Waals surface area contributed by atoms with Crippen LogP contribution >= 0.6 is 0 Å². The summed E-state index contributed by atoms with van der Waals surface area (Å²) in [5.41, 5.74) is 8.24. The lowest BCUT2D eigenvalue weighted by Gasteiger charge is -2.15. The van der Waals surface area contributed by atoms with Crippen LogP contribution in [0, 0.1) is 13.8 Å². The van der Waals surface area contributed by atoms with Gasteiger partial charge in [-0.05, 0) is 25.5 Å². The van der Waals surface area contributed by atoms with Crippen LogP contribution in [0.1, 0.15) is 17.0 Å². The number of carbonyl (C=O) groups is 1. The molecule has 0 aromatic carbocycles. The van der Waals surface area contributed by atoms with Crippen LogP contribution in [0.3, 0.4) is 0 Å². The summed E-state index contributed by atoms with van der Waals surface area (Å²) >= 11 is 0. The van der Waals surface area contributed by atoms with Crippen molar-refractivity contribution < 1.29 is 4.79 Å². The van der Waals surface area contributed by atoms with Crippen molar-refractivity contribution in [2.75, 3.05) is 0 Å². The highest BCUT2D eigenvalue weighted by Gasteiger charge is 2.21. The fourth-order valence-electron chi connectivity index (χ4n) is 1.68. The Hall–Kier alpha value is -1.10. The van der Waals surface area contributed by atoms with Crippen molar-refractivity contribution in [1.82, 2.24) is 9.78 Å². The minimum Gasteiger partial charge on any atom is -0.350 e. The third kappa shape index (κ3) is 2.68. The Balaban J connectivity index is 3.14. The van der Waals surface area contributed by atoms with Gasteiger partial charge in [0.25, 0.3) is 0 Å². The number of hydrogen-bond donors (Lipinski definition) is 1. The SMILES string of the molecule is Cc1nn(C(N)=O)c(C)c1C[Si](C)(C)C. The van der Waals surface area contributed by atoms with Gasteiger partial charge in [0.1, 0.15) is 0 Å². The molecule has 2 N–H and O–H groups in total. The summed E-state index contributed by atoms with van der Waals surface area (Å²) < 4.78 is 1.30. The summed E-state index contributed by atoms with van der Waals surface area (Å²) in [6.45, 7) is 10.7. The molecule has 0 aliphatic rings. The van der Waals surface area contributed by atoms with E-state index < -0.39 is 14.1 Å². The van der Waals surface area contributed by atoms with Crippen LogP contribution in [0.25, 0.3) is 0 Å². The van der Waals surface area contributed by atoms with Crippen LogP contribution in [0.15, 0.2) is 0 Å². The standard InChI is InChI=1S/C10H19N3OSi/c1-7-9(6-15(3,4)5)8(2)13(12-7)10(11)14/h6H2,1-5H3,(H2,11,14). The average Bonchev–Trinajstić information content (AvgIpc) is 2.29. The van der Waals surface area contributed by atoms with Gasteiger partial charge in [0.2, 0.25) is 0 Å². The fourth-order valence-corrected chi connectivity index (χ4v) is 3.25. The zero-order chi connectivity index (χ0) is 11.8. The number of carbonyl (C=O) groups excluding carboxylic acids is 1. The summed E-state index contributed by atoms with van der Waals surface area (Å²) in [6.07, 6.45) is 0. The van der Waals surface area contributed by atoms with E-state index in [1.54, 1.807) is 0 Å². The molecule has 0 aliphatic heterocycles. The molecule has 1 amide bonds. The van der Waals surface area contributed by atoms with Gasteiger partial charge in [0.05, 0.1) is 5.69 Å². The molecule has 5 heteroatoms. The van der Waals surface area contributed by atoms with Gasteiger partial charge in [-0.1, -0.05) is 19.6 Å². The minimum absolute atomic E-state index is 0.502. The first-order valence-electron chi connectivity index (χ1n) is 5.07. The number of nitrogens with two attached hydrogens (primary N) is 1. The van der Waals surface area contributed by atoms with Gasteiger partial charge in [-0.25, -0.2) is 4.79 Å². The van der Waals surface area contributed by atoms with Gasteiger partial charge in [0.15, 0.2) is 0 Å². The van der Waals surface area contributed by atoms with E-state index in [0.29, 0.717) is 0 Å². The smallest absolute Gasteiger partial charge is 0.339 e. The highest BCUT2D eigenvalue weighted by molar-refractivity contribution is 6.75. The molecule has 1 heterocycles. The zero-order valence-corrected chi connectivity index (χ0v) is 11.1. The lowest BCUT2D eigenvalue weighted by molar-refractivity contribution is 0.247. The van der Waals surface area contributed by atoms with Crippen LogP contribution in [0.2, 0.25) is 19.6 Å². The first-order valence-corrected chi connectivity index (χ1v) is 8.78. The van der Waals surface area contributed by atoms with Crippen molar-refractivity contribution in [3.05, 3.63) is 17.0 Å². The number of nitrogens with zero attached hydrogens (tertiary/aromatic N) is 2. The number of rotatable bonds is 2. The molecule has 0 fully saturated rings. The second-order valence-corrected chi connectivity index (χ2v) is 10.6. The Labute approximate surface area is 91.5 Å². The summed E-state index contributed by atoms with van der Waals surface area (Å²) in [5.74, 6) is 0. The van der Waals surface area contributed by atoms with E-state index in [9.17, 15) is 4.79 Å². The molecule has 0 radical (unpaired) electrons. The van der Waals surface area contributed by atoms with Crippen molar-refractivity contribution in [2.24, 2.45) is 5.73 Å². The average molecular weight is 225 g/mol. The number of hydrogen-bond acceptors (Lipinski definition) is 2. The van der Waals surface area contributed by atoms with Crippen molar-refractivity contribution in [3.63, 3.8) is 0 Å². The highest BCUT2D eigenvalue weighted by atomic mass is 28.3. The van der Waals surface area contributed by atoms with E-state index >= 15 is 0 Å². The third-order valence-electron chi connectivity index (χ3n) is 2.36. The zero-order valence-electron chi connectivity index (χ0n) is 10.1. The summed E-state index contributed by atoms with van der Waals surface area (Å²) in [4.78, 5) is 11.1. The summed E-state index contributed by atoms with van der Waals surface area (Å²) in [5, 5.41) is 4.16. The van der Waals surface area contributed by atoms with Crippen LogP contribution in [-0.4, -0.2) is 23.9 Å². The first-order chi connectivity index (χ1) is 6.72. The predicted molar refractivity (Wildman–Crippen MR) is 63.7 cm³/mol. The lowest BCUT2D eigenvalue weighted by atomic mass is 10.2. The molecule has 4 nitrogen and oxygen atoms in total. The van der Waals surface area contributed by atoms with Crippen molar-refractivity contribution in [2.45, 2.75) is 39.5 Å². The Morgan fingerprint density at radius 2 is 1.93 bits per heavy atom. The molecular formula is C10H19N3OSi. The Morgan fingerprint density at radius 3 is 2.27 bits per heavy atom. The topological polar surface area (TPSA) is 60.9 Å².